The van der Waals surface area contributed by atoms with Crippen molar-refractivity contribution in [2.45, 2.75) is 6.92 Å². The Morgan fingerprint density at radius 3 is 3.18 bits per heavy atom. The van der Waals surface area contributed by atoms with Gasteiger partial charge in [-0.1, -0.05) is 11.6 Å². The predicted molar refractivity (Wildman–Crippen MR) is 42.7 cm³/mol. The van der Waals surface area contributed by atoms with Crippen LogP contribution in [0.3, 0.4) is 0 Å². The molecule has 0 saturated carbocycles. The van der Waals surface area contributed by atoms with Gasteiger partial charge in [0, 0.05) is 18.6 Å². The number of halogens is 1. The van der Waals surface area contributed by atoms with Crippen molar-refractivity contribution in [2.24, 2.45) is 0 Å². The molecule has 0 amide bonds. The van der Waals surface area contributed by atoms with Crippen LogP contribution in [0.1, 0.15) is 5.69 Å². The monoisotopic (exact) mass is 167 g/mol. The van der Waals surface area contributed by atoms with Gasteiger partial charge in [0.25, 0.3) is 0 Å². The van der Waals surface area contributed by atoms with Gasteiger partial charge in [0.1, 0.15) is 5.15 Å². The highest BCUT2D eigenvalue weighted by Gasteiger charge is 1.99. The van der Waals surface area contributed by atoms with E-state index in [9.17, 15) is 0 Å². The summed E-state index contributed by atoms with van der Waals surface area (Å²) in [5.74, 6) is 0. The van der Waals surface area contributed by atoms with Crippen LogP contribution in [0.5, 0.6) is 0 Å². The van der Waals surface area contributed by atoms with E-state index < -0.39 is 0 Å². The molecular formula is C7H6ClN3. The predicted octanol–water partition coefficient (Wildman–Crippen LogP) is 1.69. The van der Waals surface area contributed by atoms with Crippen LogP contribution < -0.4 is 0 Å². The summed E-state index contributed by atoms with van der Waals surface area (Å²) in [7, 11) is 0. The van der Waals surface area contributed by atoms with E-state index in [0.717, 1.165) is 11.3 Å². The lowest BCUT2D eigenvalue weighted by Crippen LogP contribution is -1.90. The molecule has 0 N–H and O–H groups in total. The first-order valence-corrected chi connectivity index (χ1v) is 3.61. The standard InChI is InChI=1S/C7H6ClN3/c1-5-7-9-2-3-11(7)4-6(8)10-5/h2-4H,1H3. The second-order valence-corrected chi connectivity index (χ2v) is 2.69. The molecule has 0 fully saturated rings. The Labute approximate surface area is 68.7 Å². The zero-order valence-corrected chi connectivity index (χ0v) is 6.71. The van der Waals surface area contributed by atoms with E-state index in [1.54, 1.807) is 12.4 Å². The first-order valence-electron chi connectivity index (χ1n) is 3.23. The highest BCUT2D eigenvalue weighted by Crippen LogP contribution is 2.09. The van der Waals surface area contributed by atoms with Crippen LogP contribution in [0.2, 0.25) is 5.15 Å². The summed E-state index contributed by atoms with van der Waals surface area (Å²) >= 11 is 5.72. The topological polar surface area (TPSA) is 30.2 Å². The van der Waals surface area contributed by atoms with E-state index in [1.165, 1.54) is 0 Å². The maximum absolute atomic E-state index is 5.72. The molecule has 0 unspecified atom stereocenters. The Kier molecular flexibility index (Phi) is 1.32. The summed E-state index contributed by atoms with van der Waals surface area (Å²) in [5.41, 5.74) is 1.71. The molecule has 2 aromatic heterocycles. The van der Waals surface area contributed by atoms with Crippen molar-refractivity contribution in [3.63, 3.8) is 0 Å². The number of aryl methyl sites for hydroxylation is 1. The summed E-state index contributed by atoms with van der Waals surface area (Å²) in [5, 5.41) is 0.494. The van der Waals surface area contributed by atoms with Crippen molar-refractivity contribution in [3.8, 4) is 0 Å². The molecule has 11 heavy (non-hydrogen) atoms. The molecule has 4 heteroatoms. The number of hydrogen-bond acceptors (Lipinski definition) is 2. The summed E-state index contributed by atoms with van der Waals surface area (Å²) in [6, 6.07) is 0. The molecule has 3 nitrogen and oxygen atoms in total. The number of fused-ring (bicyclic) bond motifs is 1. The van der Waals surface area contributed by atoms with Crippen LogP contribution in [-0.2, 0) is 0 Å². The Bertz CT molecular complexity index is 393. The van der Waals surface area contributed by atoms with Crippen molar-refractivity contribution < 1.29 is 0 Å². The minimum atomic E-state index is 0.494. The van der Waals surface area contributed by atoms with Gasteiger partial charge in [-0.05, 0) is 6.92 Å². The van der Waals surface area contributed by atoms with Crippen LogP contribution in [-0.4, -0.2) is 14.4 Å². The van der Waals surface area contributed by atoms with E-state index in [4.69, 9.17) is 11.6 Å². The molecule has 0 aromatic carbocycles. The van der Waals surface area contributed by atoms with Crippen molar-refractivity contribution in [1.82, 2.24) is 14.4 Å². The first kappa shape index (κ1) is 6.61. The molecule has 0 atom stereocenters. The van der Waals surface area contributed by atoms with Gasteiger partial charge in [0.05, 0.1) is 5.69 Å². The molecule has 2 rings (SSSR count). The van der Waals surface area contributed by atoms with Crippen molar-refractivity contribution in [2.75, 3.05) is 0 Å². The zero-order chi connectivity index (χ0) is 7.84. The van der Waals surface area contributed by atoms with E-state index in [-0.39, 0.29) is 0 Å². The van der Waals surface area contributed by atoms with E-state index in [1.807, 2.05) is 17.5 Å². The van der Waals surface area contributed by atoms with Gasteiger partial charge >= 0.3 is 0 Å². The summed E-state index contributed by atoms with van der Waals surface area (Å²) < 4.78 is 1.85. The highest BCUT2D eigenvalue weighted by atomic mass is 35.5. The minimum Gasteiger partial charge on any atom is -0.303 e. The van der Waals surface area contributed by atoms with Crippen LogP contribution >= 0.6 is 11.6 Å². The second-order valence-electron chi connectivity index (χ2n) is 2.31. The molecule has 2 heterocycles. The summed E-state index contributed by atoms with van der Waals surface area (Å²) in [4.78, 5) is 8.16. The molecule has 0 aliphatic heterocycles. The number of hydrogen-bond donors (Lipinski definition) is 0. The molecule has 0 aliphatic carbocycles. The minimum absolute atomic E-state index is 0.494. The van der Waals surface area contributed by atoms with Gasteiger partial charge in [0.15, 0.2) is 5.65 Å². The van der Waals surface area contributed by atoms with Crippen molar-refractivity contribution >= 4 is 17.2 Å². The molecule has 2 aromatic rings. The molecule has 0 radical (unpaired) electrons. The molecular weight excluding hydrogens is 162 g/mol. The van der Waals surface area contributed by atoms with E-state index in [0.29, 0.717) is 5.15 Å². The quantitative estimate of drug-likeness (QED) is 0.598. The fraction of sp³-hybridized carbons (Fsp3) is 0.143. The van der Waals surface area contributed by atoms with Crippen LogP contribution in [0.15, 0.2) is 18.6 Å². The van der Waals surface area contributed by atoms with Gasteiger partial charge < -0.3 is 4.40 Å². The average molecular weight is 168 g/mol. The highest BCUT2D eigenvalue weighted by molar-refractivity contribution is 6.29. The van der Waals surface area contributed by atoms with Crippen LogP contribution in [0.4, 0.5) is 0 Å². The van der Waals surface area contributed by atoms with Gasteiger partial charge in [-0.3, -0.25) is 0 Å². The third-order valence-electron chi connectivity index (χ3n) is 1.51. The van der Waals surface area contributed by atoms with E-state index >= 15 is 0 Å². The third kappa shape index (κ3) is 0.973. The first-order chi connectivity index (χ1) is 5.27. The number of rotatable bonds is 0. The Balaban J connectivity index is 2.91. The van der Waals surface area contributed by atoms with Crippen molar-refractivity contribution in [3.05, 3.63) is 29.4 Å². The summed E-state index contributed by atoms with van der Waals surface area (Å²) in [6.07, 6.45) is 5.30. The van der Waals surface area contributed by atoms with E-state index in [2.05, 4.69) is 9.97 Å². The normalized spacial score (nSPS) is 10.7. The van der Waals surface area contributed by atoms with Gasteiger partial charge in [-0.25, -0.2) is 9.97 Å². The molecule has 0 spiro atoms. The number of aromatic nitrogens is 3. The van der Waals surface area contributed by atoms with Crippen LogP contribution in [0, 0.1) is 6.92 Å². The lowest BCUT2D eigenvalue weighted by Gasteiger charge is -1.96. The average Bonchev–Trinajstić information content (AvgIpc) is 2.34. The van der Waals surface area contributed by atoms with Crippen LogP contribution in [0.25, 0.3) is 5.65 Å². The SMILES string of the molecule is Cc1nc(Cl)cn2ccnc12. The fourth-order valence-electron chi connectivity index (χ4n) is 1.05. The third-order valence-corrected chi connectivity index (χ3v) is 1.69. The maximum atomic E-state index is 5.72. The molecule has 56 valence electrons. The molecule has 0 aliphatic rings. The van der Waals surface area contributed by atoms with Gasteiger partial charge in [-0.2, -0.15) is 0 Å². The smallest absolute Gasteiger partial charge is 0.158 e. The Hall–Kier alpha value is -1.09. The molecule has 0 saturated heterocycles. The van der Waals surface area contributed by atoms with Gasteiger partial charge in [-0.15, -0.1) is 0 Å². The zero-order valence-electron chi connectivity index (χ0n) is 5.95. The molecule has 0 bridgehead atoms. The lowest BCUT2D eigenvalue weighted by molar-refractivity contribution is 1.08. The number of imidazole rings is 1. The fourth-order valence-corrected chi connectivity index (χ4v) is 1.28. The number of nitrogens with zero attached hydrogens (tertiary/aromatic N) is 3. The van der Waals surface area contributed by atoms with Crippen molar-refractivity contribution in [1.29, 1.82) is 0 Å². The Morgan fingerprint density at radius 1 is 1.55 bits per heavy atom. The second kappa shape index (κ2) is 2.20. The summed E-state index contributed by atoms with van der Waals surface area (Å²) in [6.45, 7) is 1.88. The lowest BCUT2D eigenvalue weighted by atomic mass is 10.5. The largest absolute Gasteiger partial charge is 0.303 e. The maximum Gasteiger partial charge on any atom is 0.158 e. The van der Waals surface area contributed by atoms with Gasteiger partial charge in [0.2, 0.25) is 0 Å². The Morgan fingerprint density at radius 2 is 2.36 bits per heavy atom.